The van der Waals surface area contributed by atoms with Gasteiger partial charge in [-0.1, -0.05) is 6.42 Å². The molecule has 0 radical (unpaired) electrons. The first-order chi connectivity index (χ1) is 6.27. The van der Waals surface area contributed by atoms with Gasteiger partial charge in [0.2, 0.25) is 0 Å². The smallest absolute Gasteiger partial charge is 0.322 e. The summed E-state index contributed by atoms with van der Waals surface area (Å²) in [5, 5.41) is 11.9. The van der Waals surface area contributed by atoms with Crippen molar-refractivity contribution in [3.63, 3.8) is 0 Å². The van der Waals surface area contributed by atoms with E-state index in [-0.39, 0.29) is 6.04 Å². The lowest BCUT2D eigenvalue weighted by molar-refractivity contribution is -0.141. The zero-order valence-electron chi connectivity index (χ0n) is 7.70. The number of nitrogens with zero attached hydrogens (tertiary/aromatic N) is 1. The molecule has 0 saturated carbocycles. The van der Waals surface area contributed by atoms with Crippen molar-refractivity contribution in [3.05, 3.63) is 0 Å². The number of rotatable bonds is 1. The zero-order valence-corrected chi connectivity index (χ0v) is 7.70. The fraction of sp³-hybridized carbons (Fsp3) is 0.889. The van der Waals surface area contributed by atoms with Crippen LogP contribution in [0.1, 0.15) is 19.3 Å². The van der Waals surface area contributed by atoms with E-state index in [4.69, 9.17) is 5.11 Å². The van der Waals surface area contributed by atoms with E-state index in [0.717, 1.165) is 13.1 Å². The quantitative estimate of drug-likeness (QED) is 0.597. The third kappa shape index (κ3) is 1.84. The number of piperazine rings is 1. The minimum atomic E-state index is -0.718. The van der Waals surface area contributed by atoms with Gasteiger partial charge in [-0.15, -0.1) is 0 Å². The van der Waals surface area contributed by atoms with Crippen molar-refractivity contribution >= 4 is 5.97 Å². The van der Waals surface area contributed by atoms with Crippen molar-refractivity contribution in [2.24, 2.45) is 0 Å². The number of carboxylic acid groups (broad SMARTS) is 1. The van der Waals surface area contributed by atoms with Crippen molar-refractivity contribution in [1.82, 2.24) is 10.2 Å². The minimum Gasteiger partial charge on any atom is -0.480 e. The van der Waals surface area contributed by atoms with Gasteiger partial charge in [0.05, 0.1) is 0 Å². The molecular formula is C9H16N2O2. The molecule has 0 aliphatic carbocycles. The van der Waals surface area contributed by atoms with Gasteiger partial charge in [-0.25, -0.2) is 0 Å². The van der Waals surface area contributed by atoms with Crippen molar-refractivity contribution < 1.29 is 9.90 Å². The molecule has 0 bridgehead atoms. The molecule has 2 aliphatic rings. The van der Waals surface area contributed by atoms with E-state index in [0.29, 0.717) is 12.6 Å². The highest BCUT2D eigenvalue weighted by Gasteiger charge is 2.32. The van der Waals surface area contributed by atoms with Gasteiger partial charge in [0.15, 0.2) is 0 Å². The number of aliphatic carboxylic acids is 1. The first-order valence-corrected chi connectivity index (χ1v) is 4.97. The molecule has 2 N–H and O–H groups in total. The van der Waals surface area contributed by atoms with Crippen LogP contribution in [0.5, 0.6) is 0 Å². The Labute approximate surface area is 77.9 Å². The molecule has 0 aromatic heterocycles. The second-order valence-corrected chi connectivity index (χ2v) is 3.94. The normalized spacial score (nSPS) is 35.4. The summed E-state index contributed by atoms with van der Waals surface area (Å²) in [7, 11) is 0. The lowest BCUT2D eigenvalue weighted by atomic mass is 9.98. The molecule has 4 nitrogen and oxygen atoms in total. The van der Waals surface area contributed by atoms with E-state index >= 15 is 0 Å². The first kappa shape index (κ1) is 8.97. The number of hydrogen-bond acceptors (Lipinski definition) is 3. The molecule has 0 aromatic carbocycles. The van der Waals surface area contributed by atoms with Gasteiger partial charge >= 0.3 is 5.97 Å². The number of carboxylic acids is 1. The van der Waals surface area contributed by atoms with Gasteiger partial charge in [-0.3, -0.25) is 9.69 Å². The summed E-state index contributed by atoms with van der Waals surface area (Å²) in [6, 6.07) is 0.235. The van der Waals surface area contributed by atoms with Crippen molar-refractivity contribution in [3.8, 4) is 0 Å². The molecule has 74 valence electrons. The Balaban J connectivity index is 1.95. The van der Waals surface area contributed by atoms with Crippen LogP contribution >= 0.6 is 0 Å². The van der Waals surface area contributed by atoms with E-state index in [1.54, 1.807) is 0 Å². The summed E-state index contributed by atoms with van der Waals surface area (Å²) < 4.78 is 0. The van der Waals surface area contributed by atoms with Crippen LogP contribution < -0.4 is 5.32 Å². The molecule has 4 heteroatoms. The van der Waals surface area contributed by atoms with Crippen molar-refractivity contribution in [1.29, 1.82) is 0 Å². The van der Waals surface area contributed by atoms with Crippen LogP contribution in [-0.4, -0.2) is 47.7 Å². The fourth-order valence-electron chi connectivity index (χ4n) is 2.27. The Kier molecular flexibility index (Phi) is 2.51. The SMILES string of the molecule is O=C(O)[C@@H]1CN2CCCC[C@@H]2CN1. The Hall–Kier alpha value is -0.610. The number of hydrogen-bond donors (Lipinski definition) is 2. The van der Waals surface area contributed by atoms with Gasteiger partial charge in [-0.2, -0.15) is 0 Å². The lowest BCUT2D eigenvalue weighted by Crippen LogP contribution is -2.60. The lowest BCUT2D eigenvalue weighted by Gasteiger charge is -2.41. The monoisotopic (exact) mass is 184 g/mol. The molecule has 2 saturated heterocycles. The summed E-state index contributed by atoms with van der Waals surface area (Å²) in [6.07, 6.45) is 3.74. The zero-order chi connectivity index (χ0) is 9.26. The van der Waals surface area contributed by atoms with E-state index in [1.165, 1.54) is 19.3 Å². The Bertz CT molecular complexity index is 208. The maximum Gasteiger partial charge on any atom is 0.322 e. The predicted octanol–water partition coefficient (Wildman–Crippen LogP) is -0.103. The van der Waals surface area contributed by atoms with Crippen LogP contribution in [0.15, 0.2) is 0 Å². The molecule has 2 fully saturated rings. The maximum absolute atomic E-state index is 10.7. The maximum atomic E-state index is 10.7. The van der Waals surface area contributed by atoms with Crippen LogP contribution in [-0.2, 0) is 4.79 Å². The summed E-state index contributed by atoms with van der Waals surface area (Å²) in [5.74, 6) is -0.718. The second-order valence-electron chi connectivity index (χ2n) is 3.94. The molecule has 2 atom stereocenters. The predicted molar refractivity (Wildman–Crippen MR) is 48.6 cm³/mol. The Morgan fingerprint density at radius 3 is 3.08 bits per heavy atom. The van der Waals surface area contributed by atoms with Gasteiger partial charge in [0.25, 0.3) is 0 Å². The standard InChI is InChI=1S/C9H16N2O2/c12-9(13)8-6-11-4-2-1-3-7(11)5-10-8/h7-8,10H,1-6H2,(H,12,13)/t7-,8+/m1/s1. The molecule has 13 heavy (non-hydrogen) atoms. The number of fused-ring (bicyclic) bond motifs is 1. The number of piperidine rings is 1. The van der Waals surface area contributed by atoms with Crippen LogP contribution in [0.25, 0.3) is 0 Å². The summed E-state index contributed by atoms with van der Waals surface area (Å²) in [5.41, 5.74) is 0. The van der Waals surface area contributed by atoms with Gasteiger partial charge in [0, 0.05) is 19.1 Å². The van der Waals surface area contributed by atoms with Crippen LogP contribution in [0.2, 0.25) is 0 Å². The van der Waals surface area contributed by atoms with Crippen molar-refractivity contribution in [2.45, 2.75) is 31.3 Å². The summed E-state index contributed by atoms with van der Waals surface area (Å²) >= 11 is 0. The van der Waals surface area contributed by atoms with E-state index in [2.05, 4.69) is 10.2 Å². The van der Waals surface area contributed by atoms with Gasteiger partial charge < -0.3 is 10.4 Å². The highest BCUT2D eigenvalue weighted by atomic mass is 16.4. The largest absolute Gasteiger partial charge is 0.480 e. The van der Waals surface area contributed by atoms with Crippen LogP contribution in [0.3, 0.4) is 0 Å². The molecule has 2 aliphatic heterocycles. The van der Waals surface area contributed by atoms with E-state index < -0.39 is 5.97 Å². The molecule has 0 spiro atoms. The molecule has 0 aromatic rings. The first-order valence-electron chi connectivity index (χ1n) is 4.97. The highest BCUT2D eigenvalue weighted by Crippen LogP contribution is 2.19. The molecular weight excluding hydrogens is 168 g/mol. The highest BCUT2D eigenvalue weighted by molar-refractivity contribution is 5.73. The molecule has 0 amide bonds. The van der Waals surface area contributed by atoms with Crippen molar-refractivity contribution in [2.75, 3.05) is 19.6 Å². The Morgan fingerprint density at radius 2 is 2.31 bits per heavy atom. The second kappa shape index (κ2) is 3.64. The van der Waals surface area contributed by atoms with Crippen LogP contribution in [0, 0.1) is 0 Å². The van der Waals surface area contributed by atoms with Crippen LogP contribution in [0.4, 0.5) is 0 Å². The average molecular weight is 184 g/mol. The molecule has 2 rings (SSSR count). The van der Waals surface area contributed by atoms with Gasteiger partial charge in [-0.05, 0) is 19.4 Å². The summed E-state index contributed by atoms with van der Waals surface area (Å²) in [4.78, 5) is 13.1. The molecule has 0 unspecified atom stereocenters. The number of carbonyl (C=O) groups is 1. The third-order valence-corrected chi connectivity index (χ3v) is 3.06. The Morgan fingerprint density at radius 1 is 1.46 bits per heavy atom. The van der Waals surface area contributed by atoms with Gasteiger partial charge in [0.1, 0.15) is 6.04 Å². The third-order valence-electron chi connectivity index (χ3n) is 3.06. The van der Waals surface area contributed by atoms with E-state index in [9.17, 15) is 4.79 Å². The fourth-order valence-corrected chi connectivity index (χ4v) is 2.27. The minimum absolute atomic E-state index is 0.352. The topological polar surface area (TPSA) is 52.6 Å². The molecule has 2 heterocycles. The summed E-state index contributed by atoms with van der Waals surface area (Å²) in [6.45, 7) is 2.60. The number of nitrogens with one attached hydrogen (secondary N) is 1. The van der Waals surface area contributed by atoms with E-state index in [1.807, 2.05) is 0 Å². The average Bonchev–Trinajstić information content (AvgIpc) is 2.17.